The highest BCUT2D eigenvalue weighted by atomic mass is 14.5. The van der Waals surface area contributed by atoms with Crippen molar-refractivity contribution in [2.45, 2.75) is 114 Å². The molecular formula is C27H50. The van der Waals surface area contributed by atoms with Gasteiger partial charge >= 0.3 is 0 Å². The molecule has 0 spiro atoms. The van der Waals surface area contributed by atoms with Gasteiger partial charge in [0.2, 0.25) is 0 Å². The second-order valence-corrected chi connectivity index (χ2v) is 11.0. The van der Waals surface area contributed by atoms with E-state index in [2.05, 4.69) is 92.6 Å². The zero-order chi connectivity index (χ0) is 21.3. The second-order valence-electron chi connectivity index (χ2n) is 11.0. The fourth-order valence-corrected chi connectivity index (χ4v) is 4.00. The molecule has 1 unspecified atom stereocenters. The Morgan fingerprint density at radius 1 is 0.778 bits per heavy atom. The lowest BCUT2D eigenvalue weighted by atomic mass is 9.55. The third-order valence-corrected chi connectivity index (χ3v) is 6.47. The van der Waals surface area contributed by atoms with Gasteiger partial charge in [-0.2, -0.15) is 0 Å². The van der Waals surface area contributed by atoms with Gasteiger partial charge in [0, 0.05) is 0 Å². The van der Waals surface area contributed by atoms with E-state index in [0.717, 1.165) is 5.92 Å². The Kier molecular flexibility index (Phi) is 11.0. The first-order valence-corrected chi connectivity index (χ1v) is 11.4. The molecule has 0 heterocycles. The highest BCUT2D eigenvalue weighted by molar-refractivity contribution is 5.23. The molecule has 1 rings (SSSR count). The normalized spacial score (nSPS) is 13.9. The van der Waals surface area contributed by atoms with Gasteiger partial charge in [-0.15, -0.1) is 0 Å². The van der Waals surface area contributed by atoms with Crippen LogP contribution < -0.4 is 0 Å². The van der Waals surface area contributed by atoms with Crippen LogP contribution in [0.4, 0.5) is 0 Å². The standard InChI is InChI=1S/C25H44.C2H6/c1-20(2)15-13-14-18-24(6,7)25(8,9)22(19-23(3,4)5)21-16-11-10-12-17-21;1-2/h10-12,16-17,20,22H,13-15,18-19H2,1-9H3;1-2H3. The van der Waals surface area contributed by atoms with E-state index in [-0.39, 0.29) is 5.41 Å². The van der Waals surface area contributed by atoms with Crippen LogP contribution in [0.5, 0.6) is 0 Å². The monoisotopic (exact) mass is 374 g/mol. The van der Waals surface area contributed by atoms with Gasteiger partial charge < -0.3 is 0 Å². The molecular weight excluding hydrogens is 324 g/mol. The van der Waals surface area contributed by atoms with Gasteiger partial charge in [-0.25, -0.2) is 0 Å². The molecule has 0 fully saturated rings. The molecule has 0 nitrogen and oxygen atoms in total. The minimum Gasteiger partial charge on any atom is -0.0683 e. The summed E-state index contributed by atoms with van der Waals surface area (Å²) in [5, 5.41) is 0. The molecule has 27 heavy (non-hydrogen) atoms. The van der Waals surface area contributed by atoms with Crippen molar-refractivity contribution in [2.24, 2.45) is 22.2 Å². The van der Waals surface area contributed by atoms with Crippen molar-refractivity contribution >= 4 is 0 Å². The Morgan fingerprint density at radius 3 is 1.74 bits per heavy atom. The van der Waals surface area contributed by atoms with E-state index in [1.807, 2.05) is 13.8 Å². The van der Waals surface area contributed by atoms with Gasteiger partial charge in [0.1, 0.15) is 0 Å². The van der Waals surface area contributed by atoms with Crippen molar-refractivity contribution in [1.82, 2.24) is 0 Å². The minimum absolute atomic E-state index is 0.263. The van der Waals surface area contributed by atoms with Gasteiger partial charge in [0.15, 0.2) is 0 Å². The maximum absolute atomic E-state index is 2.51. The molecule has 0 heteroatoms. The van der Waals surface area contributed by atoms with Crippen LogP contribution in [-0.4, -0.2) is 0 Å². The van der Waals surface area contributed by atoms with Gasteiger partial charge in [0.05, 0.1) is 0 Å². The predicted molar refractivity (Wildman–Crippen MR) is 125 cm³/mol. The highest BCUT2D eigenvalue weighted by Gasteiger charge is 2.44. The molecule has 1 atom stereocenters. The Bertz CT molecular complexity index is 485. The summed E-state index contributed by atoms with van der Waals surface area (Å²) in [6.07, 6.45) is 6.64. The third-order valence-electron chi connectivity index (χ3n) is 6.47. The summed E-state index contributed by atoms with van der Waals surface area (Å²) >= 11 is 0. The van der Waals surface area contributed by atoms with Crippen molar-refractivity contribution in [1.29, 1.82) is 0 Å². The van der Waals surface area contributed by atoms with E-state index >= 15 is 0 Å². The van der Waals surface area contributed by atoms with Crippen molar-refractivity contribution in [3.63, 3.8) is 0 Å². The second kappa shape index (κ2) is 11.3. The zero-order valence-electron chi connectivity index (χ0n) is 20.6. The quantitative estimate of drug-likeness (QED) is 0.377. The summed E-state index contributed by atoms with van der Waals surface area (Å²) in [4.78, 5) is 0. The fraction of sp³-hybridized carbons (Fsp3) is 0.778. The van der Waals surface area contributed by atoms with Crippen molar-refractivity contribution < 1.29 is 0 Å². The summed E-state index contributed by atoms with van der Waals surface area (Å²) in [5.74, 6) is 1.42. The summed E-state index contributed by atoms with van der Waals surface area (Å²) in [5.41, 5.74) is 2.44. The first kappa shape index (κ1) is 26.2. The summed E-state index contributed by atoms with van der Waals surface area (Å²) in [6.45, 7) is 25.9. The van der Waals surface area contributed by atoms with Gasteiger partial charge in [-0.05, 0) is 46.5 Å². The summed E-state index contributed by atoms with van der Waals surface area (Å²) in [7, 11) is 0. The van der Waals surface area contributed by atoms with Crippen LogP contribution in [0.15, 0.2) is 30.3 Å². The topological polar surface area (TPSA) is 0 Å². The van der Waals surface area contributed by atoms with E-state index in [4.69, 9.17) is 0 Å². The maximum atomic E-state index is 2.51. The van der Waals surface area contributed by atoms with Gasteiger partial charge in [0.25, 0.3) is 0 Å². The van der Waals surface area contributed by atoms with Crippen LogP contribution in [0.3, 0.4) is 0 Å². The maximum Gasteiger partial charge on any atom is -0.0101 e. The number of unbranched alkanes of at least 4 members (excludes halogenated alkanes) is 1. The summed E-state index contributed by atoms with van der Waals surface area (Å²) < 4.78 is 0. The Balaban J connectivity index is 0.00000326. The van der Waals surface area contributed by atoms with Crippen LogP contribution in [-0.2, 0) is 0 Å². The SMILES string of the molecule is CC.CC(C)CCCCC(C)(C)C(C)(C)C(CC(C)(C)C)c1ccccc1. The van der Waals surface area contributed by atoms with E-state index in [1.165, 1.54) is 37.7 Å². The molecule has 0 radical (unpaired) electrons. The minimum atomic E-state index is 0.263. The molecule has 0 saturated carbocycles. The van der Waals surface area contributed by atoms with Crippen LogP contribution in [0.1, 0.15) is 120 Å². The van der Waals surface area contributed by atoms with Crippen LogP contribution in [0, 0.1) is 22.2 Å². The average molecular weight is 375 g/mol. The zero-order valence-corrected chi connectivity index (χ0v) is 20.6. The molecule has 1 aromatic carbocycles. The smallest absolute Gasteiger partial charge is 0.0101 e. The molecule has 158 valence electrons. The van der Waals surface area contributed by atoms with Crippen LogP contribution in [0.25, 0.3) is 0 Å². The van der Waals surface area contributed by atoms with Crippen LogP contribution >= 0.6 is 0 Å². The van der Waals surface area contributed by atoms with Crippen molar-refractivity contribution in [2.75, 3.05) is 0 Å². The molecule has 0 aliphatic carbocycles. The molecule has 0 N–H and O–H groups in total. The average Bonchev–Trinajstić information content (AvgIpc) is 2.58. The third kappa shape index (κ3) is 8.84. The molecule has 0 aromatic heterocycles. The van der Waals surface area contributed by atoms with E-state index in [0.29, 0.717) is 16.7 Å². The lowest BCUT2D eigenvalue weighted by molar-refractivity contribution is 0.0460. The first-order chi connectivity index (χ1) is 12.4. The lowest BCUT2D eigenvalue weighted by Crippen LogP contribution is -2.39. The van der Waals surface area contributed by atoms with E-state index in [9.17, 15) is 0 Å². The van der Waals surface area contributed by atoms with Crippen molar-refractivity contribution in [3.05, 3.63) is 35.9 Å². The number of rotatable bonds is 9. The fourth-order valence-electron chi connectivity index (χ4n) is 4.00. The molecule has 0 saturated heterocycles. The first-order valence-electron chi connectivity index (χ1n) is 11.4. The Morgan fingerprint density at radius 2 is 1.30 bits per heavy atom. The molecule has 1 aromatic rings. The number of hydrogen-bond donors (Lipinski definition) is 0. The molecule has 0 amide bonds. The van der Waals surface area contributed by atoms with E-state index < -0.39 is 0 Å². The molecule has 0 aliphatic heterocycles. The summed E-state index contributed by atoms with van der Waals surface area (Å²) in [6, 6.07) is 11.2. The van der Waals surface area contributed by atoms with Gasteiger partial charge in [-0.1, -0.05) is 126 Å². The number of benzene rings is 1. The number of hydrogen-bond acceptors (Lipinski definition) is 0. The van der Waals surface area contributed by atoms with Crippen LogP contribution in [0.2, 0.25) is 0 Å². The largest absolute Gasteiger partial charge is 0.0683 e. The molecule has 0 aliphatic rings. The Hall–Kier alpha value is -0.780. The van der Waals surface area contributed by atoms with E-state index in [1.54, 1.807) is 0 Å². The van der Waals surface area contributed by atoms with Gasteiger partial charge in [-0.3, -0.25) is 0 Å². The highest BCUT2D eigenvalue weighted by Crippen LogP contribution is 2.54. The lowest BCUT2D eigenvalue weighted by Gasteiger charge is -2.49. The predicted octanol–water partition coefficient (Wildman–Crippen LogP) is 9.50. The molecule has 0 bridgehead atoms. The Labute approximate surface area is 172 Å². The van der Waals surface area contributed by atoms with Crippen molar-refractivity contribution in [3.8, 4) is 0 Å².